The van der Waals surface area contributed by atoms with E-state index in [1.165, 1.54) is 12.5 Å². The summed E-state index contributed by atoms with van der Waals surface area (Å²) in [7, 11) is 0. The molecular formula is C22H18ClFN4O. The first-order valence-corrected chi connectivity index (χ1v) is 9.84. The van der Waals surface area contributed by atoms with Gasteiger partial charge in [0, 0.05) is 23.9 Å². The van der Waals surface area contributed by atoms with Crippen molar-refractivity contribution in [3.63, 3.8) is 0 Å². The van der Waals surface area contributed by atoms with Crippen molar-refractivity contribution in [2.45, 2.75) is 25.2 Å². The van der Waals surface area contributed by atoms with E-state index in [1.54, 1.807) is 42.6 Å². The van der Waals surface area contributed by atoms with Gasteiger partial charge in [0.1, 0.15) is 28.6 Å². The van der Waals surface area contributed by atoms with Crippen molar-refractivity contribution in [1.82, 2.24) is 14.4 Å². The van der Waals surface area contributed by atoms with E-state index in [4.69, 9.17) is 27.1 Å². The number of para-hydroxylation sites is 1. The number of rotatable bonds is 4. The molecule has 2 N–H and O–H groups in total. The zero-order valence-corrected chi connectivity index (χ0v) is 16.2. The minimum absolute atomic E-state index is 0.0932. The van der Waals surface area contributed by atoms with Crippen molar-refractivity contribution in [2.75, 3.05) is 5.73 Å². The van der Waals surface area contributed by atoms with Crippen LogP contribution in [-0.4, -0.2) is 14.4 Å². The molecular weight excluding hydrogens is 391 g/mol. The summed E-state index contributed by atoms with van der Waals surface area (Å²) in [5.74, 6) is 1.70. The average Bonchev–Trinajstić information content (AvgIpc) is 3.04. The Balaban J connectivity index is 1.57. The van der Waals surface area contributed by atoms with Crippen molar-refractivity contribution >= 4 is 22.9 Å². The van der Waals surface area contributed by atoms with Crippen LogP contribution >= 0.6 is 11.6 Å². The fourth-order valence-electron chi connectivity index (χ4n) is 3.62. The lowest BCUT2D eigenvalue weighted by Gasteiger charge is -2.23. The Labute approximate surface area is 171 Å². The van der Waals surface area contributed by atoms with Crippen LogP contribution in [0.25, 0.3) is 16.8 Å². The zero-order valence-electron chi connectivity index (χ0n) is 15.5. The maximum Gasteiger partial charge on any atom is 0.166 e. The Morgan fingerprint density at radius 1 is 1.14 bits per heavy atom. The molecule has 0 radical (unpaired) electrons. The van der Waals surface area contributed by atoms with Gasteiger partial charge in [-0.05, 0) is 43.2 Å². The Hall–Kier alpha value is -3.12. The number of aromatic nitrogens is 3. The largest absolute Gasteiger partial charge is 0.453 e. The van der Waals surface area contributed by atoms with Crippen LogP contribution < -0.4 is 10.5 Å². The van der Waals surface area contributed by atoms with E-state index in [0.29, 0.717) is 39.3 Å². The molecule has 1 aliphatic rings. The van der Waals surface area contributed by atoms with Crippen LogP contribution in [0.3, 0.4) is 0 Å². The number of halogens is 2. The minimum Gasteiger partial charge on any atom is -0.453 e. The molecule has 4 aromatic rings. The summed E-state index contributed by atoms with van der Waals surface area (Å²) < 4.78 is 22.5. The minimum atomic E-state index is -0.503. The van der Waals surface area contributed by atoms with Crippen LogP contribution in [0.4, 0.5) is 10.2 Å². The van der Waals surface area contributed by atoms with Gasteiger partial charge in [-0.15, -0.1) is 0 Å². The Bertz CT molecular complexity index is 1220. The Morgan fingerprint density at radius 2 is 1.97 bits per heavy atom. The van der Waals surface area contributed by atoms with E-state index < -0.39 is 5.82 Å². The van der Waals surface area contributed by atoms with Crippen LogP contribution in [0.15, 0.2) is 54.9 Å². The molecule has 0 aliphatic heterocycles. The van der Waals surface area contributed by atoms with Crippen molar-refractivity contribution in [2.24, 2.45) is 0 Å². The maximum atomic E-state index is 14.8. The third-order valence-electron chi connectivity index (χ3n) is 5.34. The Morgan fingerprint density at radius 3 is 2.69 bits per heavy atom. The molecule has 0 amide bonds. The maximum absolute atomic E-state index is 14.8. The van der Waals surface area contributed by atoms with Gasteiger partial charge in [-0.25, -0.2) is 14.4 Å². The van der Waals surface area contributed by atoms with Crippen LogP contribution in [0.1, 0.15) is 31.0 Å². The van der Waals surface area contributed by atoms with E-state index in [2.05, 4.69) is 4.98 Å². The molecule has 0 spiro atoms. The molecule has 0 bridgehead atoms. The van der Waals surface area contributed by atoms with E-state index in [0.717, 1.165) is 18.7 Å². The van der Waals surface area contributed by atoms with Gasteiger partial charge in [0.15, 0.2) is 11.6 Å². The number of nitrogens with two attached hydrogens (primary N) is 1. The highest BCUT2D eigenvalue weighted by Crippen LogP contribution is 2.40. The van der Waals surface area contributed by atoms with Crippen molar-refractivity contribution in [3.05, 3.63) is 71.5 Å². The highest BCUT2D eigenvalue weighted by Gasteiger charge is 2.27. The second-order valence-corrected chi connectivity index (χ2v) is 7.56. The van der Waals surface area contributed by atoms with Crippen LogP contribution in [0.5, 0.6) is 11.5 Å². The van der Waals surface area contributed by atoms with Gasteiger partial charge in [-0.3, -0.25) is 4.40 Å². The van der Waals surface area contributed by atoms with Gasteiger partial charge in [-0.1, -0.05) is 30.2 Å². The highest BCUT2D eigenvalue weighted by atomic mass is 35.5. The summed E-state index contributed by atoms with van der Waals surface area (Å²) in [6.45, 7) is 0. The number of imidazole rings is 1. The Kier molecular flexibility index (Phi) is 4.36. The van der Waals surface area contributed by atoms with Crippen molar-refractivity contribution < 1.29 is 9.13 Å². The molecule has 29 heavy (non-hydrogen) atoms. The number of ether oxygens (including phenoxy) is 1. The molecule has 5 nitrogen and oxygen atoms in total. The topological polar surface area (TPSA) is 65.4 Å². The number of nitrogen functional groups attached to an aromatic ring is 1. The first-order chi connectivity index (χ1) is 14.1. The fourth-order valence-corrected chi connectivity index (χ4v) is 3.79. The molecule has 1 aliphatic carbocycles. The lowest BCUT2D eigenvalue weighted by molar-refractivity contribution is 0.400. The van der Waals surface area contributed by atoms with Crippen LogP contribution in [-0.2, 0) is 0 Å². The summed E-state index contributed by atoms with van der Waals surface area (Å²) in [5.41, 5.74) is 8.10. The van der Waals surface area contributed by atoms with Gasteiger partial charge >= 0.3 is 0 Å². The SMILES string of the molecule is Nc1nccn2c(C3CCC3)nc(-c3ccc(Oc4ccccc4Cl)c(F)c3)c12. The van der Waals surface area contributed by atoms with Gasteiger partial charge in [0.25, 0.3) is 0 Å². The van der Waals surface area contributed by atoms with Crippen LogP contribution in [0, 0.1) is 5.82 Å². The first kappa shape index (κ1) is 17.9. The highest BCUT2D eigenvalue weighted by molar-refractivity contribution is 6.32. The van der Waals surface area contributed by atoms with E-state index in [9.17, 15) is 4.39 Å². The van der Waals surface area contributed by atoms with E-state index in [-0.39, 0.29) is 5.75 Å². The lowest BCUT2D eigenvalue weighted by atomic mass is 9.85. The summed E-state index contributed by atoms with van der Waals surface area (Å²) in [6, 6.07) is 11.7. The summed E-state index contributed by atoms with van der Waals surface area (Å²) >= 11 is 6.11. The number of benzene rings is 2. The second kappa shape index (κ2) is 7.04. The molecule has 0 unspecified atom stereocenters. The lowest BCUT2D eigenvalue weighted by Crippen LogP contribution is -2.12. The molecule has 0 saturated heterocycles. The molecule has 5 rings (SSSR count). The second-order valence-electron chi connectivity index (χ2n) is 7.16. The molecule has 146 valence electrons. The van der Waals surface area contributed by atoms with Crippen molar-refractivity contribution in [3.8, 4) is 22.8 Å². The molecule has 2 aromatic carbocycles. The zero-order chi connectivity index (χ0) is 20.0. The summed E-state index contributed by atoms with van der Waals surface area (Å²) in [5, 5.41) is 0.417. The molecule has 0 atom stereocenters. The summed E-state index contributed by atoms with van der Waals surface area (Å²) in [4.78, 5) is 9.03. The number of nitrogens with zero attached hydrogens (tertiary/aromatic N) is 3. The van der Waals surface area contributed by atoms with Crippen LogP contribution in [0.2, 0.25) is 5.02 Å². The molecule has 7 heteroatoms. The van der Waals surface area contributed by atoms with Crippen molar-refractivity contribution in [1.29, 1.82) is 0 Å². The number of anilines is 1. The molecule has 1 saturated carbocycles. The normalized spacial score (nSPS) is 14.1. The number of hydrogen-bond donors (Lipinski definition) is 1. The van der Waals surface area contributed by atoms with Gasteiger partial charge in [0.2, 0.25) is 0 Å². The van der Waals surface area contributed by atoms with Gasteiger partial charge in [0.05, 0.1) is 5.02 Å². The van der Waals surface area contributed by atoms with E-state index >= 15 is 0 Å². The molecule has 2 aromatic heterocycles. The monoisotopic (exact) mass is 408 g/mol. The smallest absolute Gasteiger partial charge is 0.166 e. The molecule has 2 heterocycles. The van der Waals surface area contributed by atoms with E-state index in [1.807, 2.05) is 10.6 Å². The summed E-state index contributed by atoms with van der Waals surface area (Å²) in [6.07, 6.45) is 6.91. The third kappa shape index (κ3) is 3.09. The average molecular weight is 409 g/mol. The van der Waals surface area contributed by atoms with Gasteiger partial charge in [-0.2, -0.15) is 0 Å². The first-order valence-electron chi connectivity index (χ1n) is 9.46. The third-order valence-corrected chi connectivity index (χ3v) is 5.65. The standard InChI is InChI=1S/C22H18ClFN4O/c23-15-6-1-2-7-17(15)29-18-9-8-14(12-16(18)24)19-20-21(25)26-10-11-28(20)22(27-19)13-4-3-5-13/h1-2,6-13H,3-5H2,(H2,25,26). The predicted octanol–water partition coefficient (Wildman–Crippen LogP) is 5.83. The predicted molar refractivity (Wildman–Crippen MR) is 111 cm³/mol. The number of hydrogen-bond acceptors (Lipinski definition) is 4. The fraction of sp³-hybridized carbons (Fsp3) is 0.182. The van der Waals surface area contributed by atoms with Gasteiger partial charge < -0.3 is 10.5 Å². The number of fused-ring (bicyclic) bond motifs is 1. The quantitative estimate of drug-likeness (QED) is 0.461. The molecule has 1 fully saturated rings.